The molecule has 0 radical (unpaired) electrons. The van der Waals surface area contributed by atoms with Crippen molar-refractivity contribution in [2.75, 3.05) is 11.4 Å². The Labute approximate surface area is 139 Å². The average molecular weight is 328 g/mol. The van der Waals surface area contributed by atoms with Crippen molar-refractivity contribution in [3.8, 4) is 0 Å². The summed E-state index contributed by atoms with van der Waals surface area (Å²) in [5, 5.41) is 2.06. The van der Waals surface area contributed by atoms with Gasteiger partial charge in [0.2, 0.25) is 11.8 Å². The Kier molecular flexibility index (Phi) is 4.76. The molecule has 0 fully saturated rings. The number of primary amides is 1. The Hall–Kier alpha value is -2.14. The molecule has 1 aromatic heterocycles. The van der Waals surface area contributed by atoms with Crippen molar-refractivity contribution in [3.63, 3.8) is 0 Å². The Morgan fingerprint density at radius 1 is 1.22 bits per heavy atom. The molecular formula is C18H20N2O2S. The van der Waals surface area contributed by atoms with E-state index in [9.17, 15) is 9.59 Å². The first-order chi connectivity index (χ1) is 11.2. The van der Waals surface area contributed by atoms with Gasteiger partial charge in [-0.25, -0.2) is 0 Å². The molecule has 2 amide bonds. The van der Waals surface area contributed by atoms with E-state index in [0.717, 1.165) is 36.9 Å². The number of nitrogens with two attached hydrogens (primary N) is 1. The predicted octanol–water partition coefficient (Wildman–Crippen LogP) is 3.15. The van der Waals surface area contributed by atoms with Crippen molar-refractivity contribution in [2.45, 2.75) is 32.1 Å². The summed E-state index contributed by atoms with van der Waals surface area (Å²) < 4.78 is 0. The Morgan fingerprint density at radius 2 is 2.09 bits per heavy atom. The molecule has 0 saturated heterocycles. The van der Waals surface area contributed by atoms with Gasteiger partial charge in [0.1, 0.15) is 0 Å². The molecule has 3 rings (SSSR count). The number of carbonyl (C=O) groups excluding carboxylic acids is 2. The van der Waals surface area contributed by atoms with E-state index < -0.39 is 5.91 Å². The maximum Gasteiger partial charge on any atom is 0.249 e. The standard InChI is InChI=1S/C18H20N2O2S/c19-18(22)15-7-2-9-16-14(15)8-3-11-20(16)17(21)10-1-5-13-6-4-12-23-13/h2,4,6-7,9,12H,1,3,5,8,10-11H2,(H2,19,22). The Balaban J connectivity index is 1.71. The van der Waals surface area contributed by atoms with Crippen LogP contribution in [0.4, 0.5) is 5.69 Å². The van der Waals surface area contributed by atoms with Crippen LogP contribution in [-0.4, -0.2) is 18.4 Å². The van der Waals surface area contributed by atoms with Gasteiger partial charge in [0.05, 0.1) is 0 Å². The maximum absolute atomic E-state index is 12.6. The third-order valence-corrected chi connectivity index (χ3v) is 5.15. The zero-order valence-corrected chi connectivity index (χ0v) is 13.8. The zero-order chi connectivity index (χ0) is 16.2. The lowest BCUT2D eigenvalue weighted by molar-refractivity contribution is -0.118. The first-order valence-corrected chi connectivity index (χ1v) is 8.79. The number of hydrogen-bond donors (Lipinski definition) is 1. The van der Waals surface area contributed by atoms with Crippen LogP contribution in [0.1, 0.15) is 40.1 Å². The summed E-state index contributed by atoms with van der Waals surface area (Å²) in [6.45, 7) is 0.715. The third-order valence-electron chi connectivity index (χ3n) is 4.21. The second kappa shape index (κ2) is 6.96. The highest BCUT2D eigenvalue weighted by molar-refractivity contribution is 7.09. The van der Waals surface area contributed by atoms with Crippen LogP contribution in [-0.2, 0) is 17.6 Å². The van der Waals surface area contributed by atoms with Gasteiger partial charge in [-0.15, -0.1) is 11.3 Å². The van der Waals surface area contributed by atoms with Crippen molar-refractivity contribution in [2.24, 2.45) is 5.73 Å². The van der Waals surface area contributed by atoms with Crippen LogP contribution >= 0.6 is 11.3 Å². The van der Waals surface area contributed by atoms with Crippen LogP contribution in [0.2, 0.25) is 0 Å². The van der Waals surface area contributed by atoms with E-state index in [0.29, 0.717) is 18.5 Å². The number of carbonyl (C=O) groups is 2. The van der Waals surface area contributed by atoms with E-state index in [-0.39, 0.29) is 5.91 Å². The summed E-state index contributed by atoms with van der Waals surface area (Å²) in [4.78, 5) is 27.3. The van der Waals surface area contributed by atoms with Crippen LogP contribution < -0.4 is 10.6 Å². The van der Waals surface area contributed by atoms with Crippen molar-refractivity contribution in [3.05, 3.63) is 51.7 Å². The van der Waals surface area contributed by atoms with Crippen molar-refractivity contribution < 1.29 is 9.59 Å². The summed E-state index contributed by atoms with van der Waals surface area (Å²) in [7, 11) is 0. The fraction of sp³-hybridized carbons (Fsp3) is 0.333. The topological polar surface area (TPSA) is 63.4 Å². The van der Waals surface area contributed by atoms with Gasteiger partial charge in [-0.3, -0.25) is 9.59 Å². The van der Waals surface area contributed by atoms with Gasteiger partial charge in [-0.1, -0.05) is 12.1 Å². The van der Waals surface area contributed by atoms with Crippen molar-refractivity contribution in [1.29, 1.82) is 0 Å². The fourth-order valence-electron chi connectivity index (χ4n) is 3.12. The van der Waals surface area contributed by atoms with Gasteiger partial charge >= 0.3 is 0 Å². The summed E-state index contributed by atoms with van der Waals surface area (Å²) >= 11 is 1.73. The molecule has 0 aliphatic carbocycles. The average Bonchev–Trinajstić information content (AvgIpc) is 3.06. The fourth-order valence-corrected chi connectivity index (χ4v) is 3.87. The lowest BCUT2D eigenvalue weighted by Gasteiger charge is -2.30. The quantitative estimate of drug-likeness (QED) is 0.916. The van der Waals surface area contributed by atoms with Gasteiger partial charge in [0.15, 0.2) is 0 Å². The van der Waals surface area contributed by atoms with Gasteiger partial charge in [-0.2, -0.15) is 0 Å². The Morgan fingerprint density at radius 3 is 2.83 bits per heavy atom. The van der Waals surface area contributed by atoms with Crippen LogP contribution in [0.25, 0.3) is 0 Å². The van der Waals surface area contributed by atoms with E-state index >= 15 is 0 Å². The molecule has 120 valence electrons. The van der Waals surface area contributed by atoms with Crippen molar-refractivity contribution >= 4 is 28.8 Å². The molecule has 2 heterocycles. The lowest BCUT2D eigenvalue weighted by Crippen LogP contribution is -2.36. The zero-order valence-electron chi connectivity index (χ0n) is 13.0. The van der Waals surface area contributed by atoms with E-state index in [1.54, 1.807) is 23.5 Å². The van der Waals surface area contributed by atoms with Gasteiger partial charge in [0, 0.05) is 29.1 Å². The maximum atomic E-state index is 12.6. The molecule has 1 aliphatic heterocycles. The lowest BCUT2D eigenvalue weighted by atomic mass is 9.95. The van der Waals surface area contributed by atoms with E-state index in [2.05, 4.69) is 11.4 Å². The molecule has 2 N–H and O–H groups in total. The van der Waals surface area contributed by atoms with E-state index in [1.807, 2.05) is 17.0 Å². The van der Waals surface area contributed by atoms with E-state index in [4.69, 9.17) is 5.73 Å². The normalized spacial score (nSPS) is 13.7. The first-order valence-electron chi connectivity index (χ1n) is 7.91. The molecule has 1 aliphatic rings. The molecule has 2 aromatic rings. The summed E-state index contributed by atoms with van der Waals surface area (Å²) in [5.41, 5.74) is 7.76. The number of fused-ring (bicyclic) bond motifs is 1. The highest BCUT2D eigenvalue weighted by Gasteiger charge is 2.25. The molecule has 0 atom stereocenters. The summed E-state index contributed by atoms with van der Waals surface area (Å²) in [5.74, 6) is -0.294. The van der Waals surface area contributed by atoms with Gasteiger partial charge < -0.3 is 10.6 Å². The minimum Gasteiger partial charge on any atom is -0.366 e. The molecule has 4 nitrogen and oxygen atoms in total. The summed E-state index contributed by atoms with van der Waals surface area (Å²) in [6.07, 6.45) is 3.98. The first kappa shape index (κ1) is 15.7. The molecule has 0 bridgehead atoms. The van der Waals surface area contributed by atoms with Gasteiger partial charge in [0.25, 0.3) is 0 Å². The SMILES string of the molecule is NC(=O)c1cccc2c1CCCN2C(=O)CCCc1cccs1. The molecule has 0 spiro atoms. The van der Waals surface area contributed by atoms with Crippen molar-refractivity contribution in [1.82, 2.24) is 0 Å². The number of hydrogen-bond acceptors (Lipinski definition) is 3. The predicted molar refractivity (Wildman–Crippen MR) is 92.9 cm³/mol. The monoisotopic (exact) mass is 328 g/mol. The van der Waals surface area contributed by atoms with Crippen LogP contribution in [0, 0.1) is 0 Å². The smallest absolute Gasteiger partial charge is 0.249 e. The van der Waals surface area contributed by atoms with Crippen LogP contribution in [0.15, 0.2) is 35.7 Å². The minimum atomic E-state index is -0.422. The van der Waals surface area contributed by atoms with E-state index in [1.165, 1.54) is 4.88 Å². The van der Waals surface area contributed by atoms with Crippen LogP contribution in [0.5, 0.6) is 0 Å². The van der Waals surface area contributed by atoms with Gasteiger partial charge in [-0.05, 0) is 54.8 Å². The second-order valence-corrected chi connectivity index (χ2v) is 6.78. The third kappa shape index (κ3) is 3.45. The number of aryl methyl sites for hydroxylation is 1. The number of thiophene rings is 1. The number of amides is 2. The molecule has 23 heavy (non-hydrogen) atoms. The number of rotatable bonds is 5. The summed E-state index contributed by atoms with van der Waals surface area (Å²) in [6, 6.07) is 9.60. The number of anilines is 1. The highest BCUT2D eigenvalue weighted by atomic mass is 32.1. The largest absolute Gasteiger partial charge is 0.366 e. The Bertz CT molecular complexity index is 710. The number of nitrogens with zero attached hydrogens (tertiary/aromatic N) is 1. The molecule has 1 aromatic carbocycles. The molecule has 0 saturated carbocycles. The van der Waals surface area contributed by atoms with Crippen LogP contribution in [0.3, 0.4) is 0 Å². The number of benzene rings is 1. The minimum absolute atomic E-state index is 0.129. The molecular weight excluding hydrogens is 308 g/mol. The highest BCUT2D eigenvalue weighted by Crippen LogP contribution is 2.30. The molecule has 5 heteroatoms. The molecule has 0 unspecified atom stereocenters. The second-order valence-electron chi connectivity index (χ2n) is 5.75.